The number of aromatic nitrogens is 3. The van der Waals surface area contributed by atoms with Crippen LogP contribution < -0.4 is 5.32 Å². The number of nitrogens with one attached hydrogen (secondary N) is 1. The Bertz CT molecular complexity index is 1010. The second-order valence-corrected chi connectivity index (χ2v) is 7.79. The Kier molecular flexibility index (Phi) is 5.98. The first-order valence-corrected chi connectivity index (χ1v) is 9.36. The minimum atomic E-state index is -0.656. The van der Waals surface area contributed by atoms with Gasteiger partial charge in [0, 0.05) is 17.7 Å². The van der Waals surface area contributed by atoms with Gasteiger partial charge in [0.2, 0.25) is 0 Å². The van der Waals surface area contributed by atoms with Gasteiger partial charge in [0.1, 0.15) is 11.0 Å². The molecule has 8 heteroatoms. The number of benzene rings is 1. The molecule has 29 heavy (non-hydrogen) atoms. The van der Waals surface area contributed by atoms with Crippen LogP contribution in [0.4, 0.5) is 5.82 Å². The van der Waals surface area contributed by atoms with Gasteiger partial charge in [-0.3, -0.25) is 4.79 Å². The maximum absolute atomic E-state index is 12.4. The maximum atomic E-state index is 12.4. The highest BCUT2D eigenvalue weighted by molar-refractivity contribution is 6.29. The van der Waals surface area contributed by atoms with E-state index in [0.29, 0.717) is 5.82 Å². The number of amides is 1. The Morgan fingerprint density at radius 1 is 1.14 bits per heavy atom. The highest BCUT2D eigenvalue weighted by atomic mass is 35.5. The van der Waals surface area contributed by atoms with Crippen LogP contribution in [0.15, 0.2) is 54.7 Å². The van der Waals surface area contributed by atoms with Crippen LogP contribution in [-0.4, -0.2) is 33.2 Å². The molecule has 3 rings (SSSR count). The second-order valence-electron chi connectivity index (χ2n) is 7.41. The molecule has 0 atom stereocenters. The lowest BCUT2D eigenvalue weighted by atomic mass is 9.92. The average molecular weight is 413 g/mol. The lowest BCUT2D eigenvalue weighted by Gasteiger charge is -2.14. The van der Waals surface area contributed by atoms with Crippen LogP contribution in [0.1, 0.15) is 36.8 Å². The summed E-state index contributed by atoms with van der Waals surface area (Å²) in [7, 11) is 0. The molecule has 0 aliphatic rings. The molecule has 0 saturated heterocycles. The van der Waals surface area contributed by atoms with E-state index in [1.807, 2.05) is 57.2 Å². The highest BCUT2D eigenvalue weighted by Gasteiger charge is 2.22. The molecule has 0 saturated carbocycles. The molecule has 0 radical (unpaired) electrons. The molecule has 1 aromatic carbocycles. The predicted octanol–water partition coefficient (Wildman–Crippen LogP) is 4.01. The van der Waals surface area contributed by atoms with E-state index in [2.05, 4.69) is 15.4 Å². The maximum Gasteiger partial charge on any atom is 0.340 e. The molecule has 7 nitrogen and oxygen atoms in total. The van der Waals surface area contributed by atoms with E-state index >= 15 is 0 Å². The third kappa shape index (κ3) is 5.20. The van der Waals surface area contributed by atoms with Crippen LogP contribution in [0, 0.1) is 0 Å². The van der Waals surface area contributed by atoms with E-state index in [1.165, 1.54) is 18.3 Å². The van der Waals surface area contributed by atoms with Crippen molar-refractivity contribution in [3.8, 4) is 5.69 Å². The summed E-state index contributed by atoms with van der Waals surface area (Å²) < 4.78 is 6.71. The Labute approximate surface area is 173 Å². The van der Waals surface area contributed by atoms with Gasteiger partial charge >= 0.3 is 5.97 Å². The van der Waals surface area contributed by atoms with Gasteiger partial charge in [-0.25, -0.2) is 14.5 Å². The Hall–Kier alpha value is -3.19. The second kappa shape index (κ2) is 8.45. The minimum absolute atomic E-state index is 0.201. The number of ether oxygens (including phenoxy) is 1. The SMILES string of the molecule is CC(C)(C)c1cc(NC(=O)COC(=O)c2ccc(Cl)nc2)n(-c2ccccc2)n1. The van der Waals surface area contributed by atoms with Crippen LogP contribution in [0.25, 0.3) is 5.69 Å². The summed E-state index contributed by atoms with van der Waals surface area (Å²) in [6.07, 6.45) is 1.29. The third-order valence-electron chi connectivity index (χ3n) is 4.04. The summed E-state index contributed by atoms with van der Waals surface area (Å²) in [5.74, 6) is -0.635. The molecule has 0 unspecified atom stereocenters. The summed E-state index contributed by atoms with van der Waals surface area (Å²) in [4.78, 5) is 28.2. The average Bonchev–Trinajstić information content (AvgIpc) is 3.11. The van der Waals surface area contributed by atoms with Crippen LogP contribution in [0.5, 0.6) is 0 Å². The first-order valence-electron chi connectivity index (χ1n) is 8.98. The number of pyridine rings is 1. The molecule has 0 fully saturated rings. The van der Waals surface area contributed by atoms with Gasteiger partial charge in [0.05, 0.1) is 16.9 Å². The first kappa shape index (κ1) is 20.5. The third-order valence-corrected chi connectivity index (χ3v) is 4.27. The smallest absolute Gasteiger partial charge is 0.340 e. The molecule has 150 valence electrons. The van der Waals surface area contributed by atoms with Gasteiger partial charge < -0.3 is 10.1 Å². The van der Waals surface area contributed by atoms with Crippen molar-refractivity contribution in [1.29, 1.82) is 0 Å². The van der Waals surface area contributed by atoms with E-state index < -0.39 is 18.5 Å². The summed E-state index contributed by atoms with van der Waals surface area (Å²) in [5.41, 5.74) is 1.64. The molecule has 3 aromatic rings. The number of para-hydroxylation sites is 1. The fraction of sp³-hybridized carbons (Fsp3) is 0.238. The zero-order valence-electron chi connectivity index (χ0n) is 16.3. The normalized spacial score (nSPS) is 11.2. The van der Waals surface area contributed by atoms with Gasteiger partial charge in [0.15, 0.2) is 6.61 Å². The van der Waals surface area contributed by atoms with Crippen molar-refractivity contribution in [2.45, 2.75) is 26.2 Å². The summed E-state index contributed by atoms with van der Waals surface area (Å²) in [6, 6.07) is 14.2. The number of hydrogen-bond acceptors (Lipinski definition) is 5. The van der Waals surface area contributed by atoms with Gasteiger partial charge in [-0.2, -0.15) is 5.10 Å². The molecule has 0 bridgehead atoms. The number of carbonyl (C=O) groups is 2. The zero-order valence-corrected chi connectivity index (χ0v) is 17.1. The van der Waals surface area contributed by atoms with Crippen molar-refractivity contribution in [2.75, 3.05) is 11.9 Å². The molecule has 0 aliphatic heterocycles. The highest BCUT2D eigenvalue weighted by Crippen LogP contribution is 2.26. The van der Waals surface area contributed by atoms with E-state index in [4.69, 9.17) is 16.3 Å². The number of anilines is 1. The number of rotatable bonds is 5. The molecule has 0 aliphatic carbocycles. The Morgan fingerprint density at radius 3 is 2.48 bits per heavy atom. The Morgan fingerprint density at radius 2 is 1.86 bits per heavy atom. The lowest BCUT2D eigenvalue weighted by Crippen LogP contribution is -2.22. The standard InChI is InChI=1S/C21H21ClN4O3/c1-21(2,3)16-11-18(26(25-16)15-7-5-4-6-8-15)24-19(27)13-29-20(28)14-9-10-17(22)23-12-14/h4-12H,13H2,1-3H3,(H,24,27). The summed E-state index contributed by atoms with van der Waals surface area (Å²) >= 11 is 5.70. The van der Waals surface area contributed by atoms with Crippen LogP contribution in [-0.2, 0) is 14.9 Å². The minimum Gasteiger partial charge on any atom is -0.452 e. The number of hydrogen-bond donors (Lipinski definition) is 1. The Balaban J connectivity index is 1.73. The predicted molar refractivity (Wildman–Crippen MR) is 110 cm³/mol. The fourth-order valence-corrected chi connectivity index (χ4v) is 2.60. The number of halogens is 1. The summed E-state index contributed by atoms with van der Waals surface area (Å²) in [6.45, 7) is 5.68. The number of carbonyl (C=O) groups excluding carboxylic acids is 2. The number of esters is 1. The van der Waals surface area contributed by atoms with Gasteiger partial charge in [-0.05, 0) is 24.3 Å². The van der Waals surface area contributed by atoms with E-state index in [0.717, 1.165) is 11.4 Å². The van der Waals surface area contributed by atoms with E-state index in [9.17, 15) is 9.59 Å². The van der Waals surface area contributed by atoms with E-state index in [1.54, 1.807) is 4.68 Å². The van der Waals surface area contributed by atoms with Crippen molar-refractivity contribution in [1.82, 2.24) is 14.8 Å². The van der Waals surface area contributed by atoms with Gasteiger partial charge in [-0.1, -0.05) is 50.6 Å². The first-order chi connectivity index (χ1) is 13.7. The van der Waals surface area contributed by atoms with Crippen molar-refractivity contribution in [2.24, 2.45) is 0 Å². The number of nitrogens with zero attached hydrogens (tertiary/aromatic N) is 3. The zero-order chi connectivity index (χ0) is 21.0. The van der Waals surface area contributed by atoms with Gasteiger partial charge in [-0.15, -0.1) is 0 Å². The molecule has 1 amide bonds. The van der Waals surface area contributed by atoms with Crippen LogP contribution in [0.2, 0.25) is 5.15 Å². The van der Waals surface area contributed by atoms with Crippen molar-refractivity contribution < 1.29 is 14.3 Å². The topological polar surface area (TPSA) is 86.1 Å². The molecular weight excluding hydrogens is 392 g/mol. The van der Waals surface area contributed by atoms with Gasteiger partial charge in [0.25, 0.3) is 5.91 Å². The fourth-order valence-electron chi connectivity index (χ4n) is 2.49. The molecule has 0 spiro atoms. The monoisotopic (exact) mass is 412 g/mol. The lowest BCUT2D eigenvalue weighted by molar-refractivity contribution is -0.119. The summed E-state index contributed by atoms with van der Waals surface area (Å²) in [5, 5.41) is 7.66. The molecule has 2 aromatic heterocycles. The molecule has 1 N–H and O–H groups in total. The van der Waals surface area contributed by atoms with Crippen molar-refractivity contribution in [3.63, 3.8) is 0 Å². The largest absolute Gasteiger partial charge is 0.452 e. The van der Waals surface area contributed by atoms with Crippen molar-refractivity contribution >= 4 is 29.3 Å². The van der Waals surface area contributed by atoms with Crippen molar-refractivity contribution in [3.05, 3.63) is 71.1 Å². The quantitative estimate of drug-likeness (QED) is 0.505. The molecule has 2 heterocycles. The van der Waals surface area contributed by atoms with Crippen LogP contribution >= 0.6 is 11.6 Å². The molecular formula is C21H21ClN4O3. The van der Waals surface area contributed by atoms with E-state index in [-0.39, 0.29) is 16.1 Å². The van der Waals surface area contributed by atoms with Crippen LogP contribution in [0.3, 0.4) is 0 Å².